The summed E-state index contributed by atoms with van der Waals surface area (Å²) in [6.07, 6.45) is 3.62. The Balaban J connectivity index is 1.57. The highest BCUT2D eigenvalue weighted by Crippen LogP contribution is 2.32. The Labute approximate surface area is 198 Å². The van der Waals surface area contributed by atoms with E-state index in [2.05, 4.69) is 11.9 Å². The van der Waals surface area contributed by atoms with E-state index in [1.807, 2.05) is 60.1 Å². The molecule has 4 rings (SSSR count). The molecule has 2 aromatic heterocycles. The minimum absolute atomic E-state index is 0.00878. The van der Waals surface area contributed by atoms with Gasteiger partial charge in [-0.05, 0) is 68.4 Å². The van der Waals surface area contributed by atoms with Crippen molar-refractivity contribution in [1.82, 2.24) is 14.5 Å². The number of aromatic nitrogens is 2. The first-order valence-corrected chi connectivity index (χ1v) is 11.7. The fourth-order valence-electron chi connectivity index (χ4n) is 4.88. The van der Waals surface area contributed by atoms with Gasteiger partial charge in [-0.2, -0.15) is 13.2 Å². The second-order valence-corrected chi connectivity index (χ2v) is 9.37. The molecule has 0 aliphatic carbocycles. The molecule has 34 heavy (non-hydrogen) atoms. The van der Waals surface area contributed by atoms with Gasteiger partial charge in [0.15, 0.2) is 0 Å². The number of carbonyl (C=O) groups is 1. The molecule has 1 saturated heterocycles. The van der Waals surface area contributed by atoms with E-state index in [1.54, 1.807) is 0 Å². The van der Waals surface area contributed by atoms with E-state index in [1.165, 1.54) is 6.07 Å². The van der Waals surface area contributed by atoms with Gasteiger partial charge >= 0.3 is 6.18 Å². The van der Waals surface area contributed by atoms with Gasteiger partial charge < -0.3 is 9.47 Å². The van der Waals surface area contributed by atoms with Crippen LogP contribution in [-0.2, 0) is 19.6 Å². The van der Waals surface area contributed by atoms with Crippen molar-refractivity contribution in [3.8, 4) is 11.1 Å². The predicted octanol–water partition coefficient (Wildman–Crippen LogP) is 6.29. The Bertz CT molecular complexity index is 1150. The maximum atomic E-state index is 13.9. The van der Waals surface area contributed by atoms with Crippen molar-refractivity contribution in [2.24, 2.45) is 13.0 Å². The lowest BCUT2D eigenvalue weighted by molar-refractivity contribution is -0.137. The van der Waals surface area contributed by atoms with Crippen LogP contribution in [0.2, 0.25) is 0 Å². The summed E-state index contributed by atoms with van der Waals surface area (Å²) in [5.74, 6) is 0.316. The van der Waals surface area contributed by atoms with Gasteiger partial charge in [-0.25, -0.2) is 0 Å². The van der Waals surface area contributed by atoms with Crippen molar-refractivity contribution >= 4 is 5.91 Å². The Morgan fingerprint density at radius 3 is 2.62 bits per heavy atom. The zero-order valence-electron chi connectivity index (χ0n) is 19.8. The van der Waals surface area contributed by atoms with Crippen LogP contribution in [0, 0.1) is 12.8 Å². The smallest absolute Gasteiger partial charge is 0.357 e. The van der Waals surface area contributed by atoms with Crippen molar-refractivity contribution in [1.29, 1.82) is 0 Å². The Kier molecular flexibility index (Phi) is 6.82. The summed E-state index contributed by atoms with van der Waals surface area (Å²) in [6, 6.07) is 10.5. The third kappa shape index (κ3) is 5.18. The Morgan fingerprint density at radius 2 is 1.97 bits per heavy atom. The largest absolute Gasteiger partial charge is 0.417 e. The zero-order chi connectivity index (χ0) is 24.5. The van der Waals surface area contributed by atoms with Crippen molar-refractivity contribution < 1.29 is 18.0 Å². The number of pyridine rings is 1. The van der Waals surface area contributed by atoms with E-state index in [4.69, 9.17) is 0 Å². The molecule has 1 fully saturated rings. The second kappa shape index (κ2) is 9.65. The summed E-state index contributed by atoms with van der Waals surface area (Å²) in [5, 5.41) is 0. The summed E-state index contributed by atoms with van der Waals surface area (Å²) in [5.41, 5.74) is 3.50. The molecule has 0 saturated carbocycles. The van der Waals surface area contributed by atoms with Crippen LogP contribution in [0.5, 0.6) is 0 Å². The maximum absolute atomic E-state index is 13.9. The van der Waals surface area contributed by atoms with Crippen LogP contribution < -0.4 is 0 Å². The van der Waals surface area contributed by atoms with Gasteiger partial charge in [-0.3, -0.25) is 9.78 Å². The summed E-state index contributed by atoms with van der Waals surface area (Å²) >= 11 is 0. The van der Waals surface area contributed by atoms with E-state index >= 15 is 0 Å². The van der Waals surface area contributed by atoms with Crippen LogP contribution in [0.15, 0.2) is 55.0 Å². The lowest BCUT2D eigenvalue weighted by atomic mass is 9.86. The average molecular weight is 470 g/mol. The van der Waals surface area contributed by atoms with Crippen molar-refractivity contribution in [3.05, 3.63) is 77.4 Å². The number of hydrogen-bond acceptors (Lipinski definition) is 2. The molecule has 0 N–H and O–H groups in total. The van der Waals surface area contributed by atoms with Crippen molar-refractivity contribution in [2.75, 3.05) is 6.54 Å². The fourth-order valence-corrected chi connectivity index (χ4v) is 4.88. The molecule has 0 bridgehead atoms. The standard InChI is InChI=1S/C27H30F3N3O/c1-18-6-10-23(20-12-14-32(3)17-20)24(15-18)26(34)33-13-4-5-19(2)25(33)11-9-22-8-7-21(16-31-22)27(28,29)30/h6-8,10,12,14-17,19,25H,4-5,9,11,13H2,1-3H3/t19-,25-/m1/s1. The van der Waals surface area contributed by atoms with Gasteiger partial charge in [-0.1, -0.05) is 24.6 Å². The van der Waals surface area contributed by atoms with E-state index in [0.717, 1.165) is 41.8 Å². The number of piperidine rings is 1. The van der Waals surface area contributed by atoms with Crippen LogP contribution in [0.1, 0.15) is 53.4 Å². The lowest BCUT2D eigenvalue weighted by Gasteiger charge is -2.40. The van der Waals surface area contributed by atoms with Gasteiger partial charge in [0, 0.05) is 55.0 Å². The number of likely N-dealkylation sites (tertiary alicyclic amines) is 1. The molecule has 7 heteroatoms. The van der Waals surface area contributed by atoms with Crippen LogP contribution in [0.25, 0.3) is 11.1 Å². The van der Waals surface area contributed by atoms with Gasteiger partial charge in [-0.15, -0.1) is 0 Å². The van der Waals surface area contributed by atoms with Gasteiger partial charge in [0.05, 0.1) is 5.56 Å². The first-order valence-electron chi connectivity index (χ1n) is 11.7. The number of alkyl halides is 3. The summed E-state index contributed by atoms with van der Waals surface area (Å²) in [6.45, 7) is 4.81. The number of amides is 1. The lowest BCUT2D eigenvalue weighted by Crippen LogP contribution is -2.48. The quantitative estimate of drug-likeness (QED) is 0.441. The third-order valence-electron chi connectivity index (χ3n) is 6.77. The normalized spacial score (nSPS) is 18.8. The molecule has 1 aliphatic rings. The number of halogens is 3. The zero-order valence-corrected chi connectivity index (χ0v) is 19.8. The molecule has 2 atom stereocenters. The summed E-state index contributed by atoms with van der Waals surface area (Å²) in [7, 11) is 1.96. The molecule has 1 amide bonds. The third-order valence-corrected chi connectivity index (χ3v) is 6.77. The SMILES string of the molecule is Cc1ccc(-c2ccn(C)c2)c(C(=O)N2CCC[C@@H](C)[C@H]2CCc2ccc(C(F)(F)F)cn2)c1. The molecule has 3 aromatic rings. The monoisotopic (exact) mass is 469 g/mol. The molecular formula is C27H30F3N3O. The maximum Gasteiger partial charge on any atom is 0.417 e. The highest BCUT2D eigenvalue weighted by molar-refractivity contribution is 6.01. The van der Waals surface area contributed by atoms with Crippen LogP contribution in [0.4, 0.5) is 13.2 Å². The molecule has 3 heterocycles. The fraction of sp³-hybridized carbons (Fsp3) is 0.407. The van der Waals surface area contributed by atoms with Crippen LogP contribution in [-0.4, -0.2) is 32.9 Å². The Morgan fingerprint density at radius 1 is 1.18 bits per heavy atom. The minimum atomic E-state index is -4.39. The van der Waals surface area contributed by atoms with Gasteiger partial charge in [0.2, 0.25) is 0 Å². The number of aryl methyl sites for hydroxylation is 3. The number of carbonyl (C=O) groups excluding carboxylic acids is 1. The number of benzene rings is 1. The molecule has 180 valence electrons. The van der Waals surface area contributed by atoms with E-state index in [0.29, 0.717) is 36.6 Å². The first-order chi connectivity index (χ1) is 16.1. The molecular weight excluding hydrogens is 439 g/mol. The Hall–Kier alpha value is -3.09. The minimum Gasteiger partial charge on any atom is -0.357 e. The molecule has 1 aromatic carbocycles. The van der Waals surface area contributed by atoms with Gasteiger partial charge in [0.25, 0.3) is 5.91 Å². The highest BCUT2D eigenvalue weighted by atomic mass is 19.4. The van der Waals surface area contributed by atoms with Crippen LogP contribution >= 0.6 is 0 Å². The number of hydrogen-bond donors (Lipinski definition) is 0. The first kappa shape index (κ1) is 24.0. The molecule has 0 unspecified atom stereocenters. The molecule has 1 aliphatic heterocycles. The predicted molar refractivity (Wildman–Crippen MR) is 126 cm³/mol. The van der Waals surface area contributed by atoms with Gasteiger partial charge in [0.1, 0.15) is 0 Å². The molecule has 0 radical (unpaired) electrons. The summed E-state index contributed by atoms with van der Waals surface area (Å²) in [4.78, 5) is 19.8. The van der Waals surface area contributed by atoms with E-state index in [-0.39, 0.29) is 11.9 Å². The highest BCUT2D eigenvalue weighted by Gasteiger charge is 2.34. The number of rotatable bonds is 5. The number of nitrogens with zero attached hydrogens (tertiary/aromatic N) is 3. The summed E-state index contributed by atoms with van der Waals surface area (Å²) < 4.78 is 40.5. The molecule has 0 spiro atoms. The van der Waals surface area contributed by atoms with Crippen molar-refractivity contribution in [3.63, 3.8) is 0 Å². The van der Waals surface area contributed by atoms with E-state index < -0.39 is 11.7 Å². The average Bonchev–Trinajstić information content (AvgIpc) is 3.23. The second-order valence-electron chi connectivity index (χ2n) is 9.37. The van der Waals surface area contributed by atoms with Crippen LogP contribution in [0.3, 0.4) is 0 Å². The topological polar surface area (TPSA) is 38.1 Å². The van der Waals surface area contributed by atoms with Crippen molar-refractivity contribution in [2.45, 2.75) is 51.7 Å². The van der Waals surface area contributed by atoms with E-state index in [9.17, 15) is 18.0 Å². The molecule has 4 nitrogen and oxygen atoms in total.